The molecule has 1 amide bonds. The van der Waals surface area contributed by atoms with Gasteiger partial charge in [-0.1, -0.05) is 0 Å². The van der Waals surface area contributed by atoms with E-state index in [2.05, 4.69) is 20.8 Å². The maximum Gasteiger partial charge on any atom is 0.240 e. The standard InChI is InChI=1S/C12H16N6O2.ClH/c1-7(13)12(19)14-9-4-5-11(20-3)10(6-9)18-8(2)15-16-17-18;/h4-7H,13H2,1-3H3,(H,14,19);1H/t7-;/m0./s1. The molecule has 0 bridgehead atoms. The van der Waals surface area contributed by atoms with Gasteiger partial charge in [0.25, 0.3) is 0 Å². The van der Waals surface area contributed by atoms with Crippen LogP contribution in [-0.4, -0.2) is 39.3 Å². The number of halogens is 1. The normalized spacial score (nSPS) is 11.4. The largest absolute Gasteiger partial charge is 0.494 e. The van der Waals surface area contributed by atoms with Crippen molar-refractivity contribution in [3.63, 3.8) is 0 Å². The summed E-state index contributed by atoms with van der Waals surface area (Å²) < 4.78 is 6.81. The molecule has 114 valence electrons. The summed E-state index contributed by atoms with van der Waals surface area (Å²) in [4.78, 5) is 11.6. The zero-order chi connectivity index (χ0) is 14.7. The number of hydrogen-bond acceptors (Lipinski definition) is 6. The van der Waals surface area contributed by atoms with E-state index in [1.165, 1.54) is 4.68 Å². The van der Waals surface area contributed by atoms with E-state index in [4.69, 9.17) is 10.5 Å². The third-order valence-electron chi connectivity index (χ3n) is 2.71. The van der Waals surface area contributed by atoms with E-state index in [9.17, 15) is 4.79 Å². The van der Waals surface area contributed by atoms with Gasteiger partial charge in [-0.25, -0.2) is 0 Å². The summed E-state index contributed by atoms with van der Waals surface area (Å²) in [6.45, 7) is 3.39. The summed E-state index contributed by atoms with van der Waals surface area (Å²) in [6, 6.07) is 4.59. The van der Waals surface area contributed by atoms with Crippen molar-refractivity contribution in [3.05, 3.63) is 24.0 Å². The maximum atomic E-state index is 11.6. The van der Waals surface area contributed by atoms with Crippen LogP contribution < -0.4 is 15.8 Å². The number of nitrogens with one attached hydrogen (secondary N) is 1. The summed E-state index contributed by atoms with van der Waals surface area (Å²) in [7, 11) is 1.55. The number of nitrogens with zero attached hydrogens (tertiary/aromatic N) is 4. The second kappa shape index (κ2) is 7.00. The predicted octanol–water partition coefficient (Wildman–Crippen LogP) is 0.687. The topological polar surface area (TPSA) is 108 Å². The molecular formula is C12H17ClN6O2. The smallest absolute Gasteiger partial charge is 0.240 e. The lowest BCUT2D eigenvalue weighted by molar-refractivity contribution is -0.117. The Morgan fingerprint density at radius 2 is 2.19 bits per heavy atom. The number of benzene rings is 1. The van der Waals surface area contributed by atoms with Crippen molar-refractivity contribution in [2.75, 3.05) is 12.4 Å². The van der Waals surface area contributed by atoms with Crippen molar-refractivity contribution in [2.24, 2.45) is 5.73 Å². The van der Waals surface area contributed by atoms with Gasteiger partial charge in [-0.3, -0.25) is 4.79 Å². The molecule has 0 radical (unpaired) electrons. The van der Waals surface area contributed by atoms with Gasteiger partial charge in [-0.2, -0.15) is 4.68 Å². The summed E-state index contributed by atoms with van der Waals surface area (Å²) >= 11 is 0. The van der Waals surface area contributed by atoms with Crippen LogP contribution in [0.1, 0.15) is 12.7 Å². The molecule has 0 spiro atoms. The van der Waals surface area contributed by atoms with Crippen molar-refractivity contribution in [1.82, 2.24) is 20.2 Å². The van der Waals surface area contributed by atoms with E-state index < -0.39 is 6.04 Å². The highest BCUT2D eigenvalue weighted by molar-refractivity contribution is 5.94. The molecule has 0 aliphatic carbocycles. The zero-order valence-electron chi connectivity index (χ0n) is 11.9. The van der Waals surface area contributed by atoms with Crippen molar-refractivity contribution < 1.29 is 9.53 Å². The van der Waals surface area contributed by atoms with Crippen LogP contribution in [0.15, 0.2) is 18.2 Å². The Labute approximate surface area is 128 Å². The van der Waals surface area contributed by atoms with Crippen LogP contribution in [-0.2, 0) is 4.79 Å². The SMILES string of the molecule is COc1ccc(NC(=O)[C@H](C)N)cc1-n1nnnc1C.Cl. The molecule has 0 aliphatic heterocycles. The number of methoxy groups -OCH3 is 1. The van der Waals surface area contributed by atoms with E-state index in [1.54, 1.807) is 39.2 Å². The molecule has 0 saturated heterocycles. The maximum absolute atomic E-state index is 11.6. The highest BCUT2D eigenvalue weighted by atomic mass is 35.5. The molecule has 9 heteroatoms. The number of tetrazole rings is 1. The van der Waals surface area contributed by atoms with Crippen molar-refractivity contribution in [3.8, 4) is 11.4 Å². The van der Waals surface area contributed by atoms with Crippen LogP contribution in [0, 0.1) is 6.92 Å². The second-order valence-electron chi connectivity index (χ2n) is 4.30. The van der Waals surface area contributed by atoms with Gasteiger partial charge in [0.1, 0.15) is 11.4 Å². The lowest BCUT2D eigenvalue weighted by Crippen LogP contribution is -2.32. The van der Waals surface area contributed by atoms with Crippen molar-refractivity contribution in [1.29, 1.82) is 0 Å². The quantitative estimate of drug-likeness (QED) is 0.859. The average Bonchev–Trinajstić information content (AvgIpc) is 2.84. The lowest BCUT2D eigenvalue weighted by atomic mass is 10.2. The van der Waals surface area contributed by atoms with Gasteiger partial charge in [-0.15, -0.1) is 17.5 Å². The fraction of sp³-hybridized carbons (Fsp3) is 0.333. The Morgan fingerprint density at radius 1 is 1.48 bits per heavy atom. The van der Waals surface area contributed by atoms with E-state index in [1.807, 2.05) is 0 Å². The number of aryl methyl sites for hydroxylation is 1. The monoisotopic (exact) mass is 312 g/mol. The highest BCUT2D eigenvalue weighted by Gasteiger charge is 2.13. The molecule has 1 aromatic heterocycles. The number of ether oxygens (including phenoxy) is 1. The Kier molecular flexibility index (Phi) is 5.62. The van der Waals surface area contributed by atoms with Gasteiger partial charge in [0.2, 0.25) is 5.91 Å². The highest BCUT2D eigenvalue weighted by Crippen LogP contribution is 2.26. The van der Waals surface area contributed by atoms with Crippen LogP contribution in [0.3, 0.4) is 0 Å². The van der Waals surface area contributed by atoms with Gasteiger partial charge < -0.3 is 15.8 Å². The first-order chi connectivity index (χ1) is 9.52. The molecule has 1 aromatic carbocycles. The first-order valence-electron chi connectivity index (χ1n) is 6.02. The molecule has 2 rings (SSSR count). The van der Waals surface area contributed by atoms with E-state index in [-0.39, 0.29) is 18.3 Å². The molecule has 0 fully saturated rings. The molecule has 21 heavy (non-hydrogen) atoms. The fourth-order valence-electron chi connectivity index (χ4n) is 1.64. The second-order valence-corrected chi connectivity index (χ2v) is 4.30. The summed E-state index contributed by atoms with van der Waals surface area (Å²) in [5.74, 6) is 0.938. The number of amides is 1. The minimum Gasteiger partial charge on any atom is -0.494 e. The average molecular weight is 313 g/mol. The van der Waals surface area contributed by atoms with Crippen molar-refractivity contribution >= 4 is 24.0 Å². The third kappa shape index (κ3) is 3.67. The zero-order valence-corrected chi connectivity index (χ0v) is 12.7. The Balaban J connectivity index is 0.00000220. The first-order valence-corrected chi connectivity index (χ1v) is 6.02. The first kappa shape index (κ1) is 16.9. The number of rotatable bonds is 4. The summed E-state index contributed by atoms with van der Waals surface area (Å²) in [5.41, 5.74) is 6.75. The van der Waals surface area contributed by atoms with Gasteiger partial charge in [0.15, 0.2) is 5.82 Å². The van der Waals surface area contributed by atoms with E-state index in [0.717, 1.165) is 0 Å². The Bertz CT molecular complexity index is 628. The lowest BCUT2D eigenvalue weighted by Gasteiger charge is -2.12. The van der Waals surface area contributed by atoms with Gasteiger partial charge in [0, 0.05) is 5.69 Å². The van der Waals surface area contributed by atoms with Crippen LogP contribution in [0.5, 0.6) is 5.75 Å². The third-order valence-corrected chi connectivity index (χ3v) is 2.71. The number of anilines is 1. The van der Waals surface area contributed by atoms with Crippen LogP contribution in [0.4, 0.5) is 5.69 Å². The number of nitrogens with two attached hydrogens (primary N) is 1. The van der Waals surface area contributed by atoms with Crippen molar-refractivity contribution in [2.45, 2.75) is 19.9 Å². The van der Waals surface area contributed by atoms with E-state index in [0.29, 0.717) is 22.9 Å². The van der Waals surface area contributed by atoms with Gasteiger partial charge in [0.05, 0.1) is 13.2 Å². The molecule has 1 atom stereocenters. The molecular weight excluding hydrogens is 296 g/mol. The molecule has 2 aromatic rings. The minimum absolute atomic E-state index is 0. The molecule has 8 nitrogen and oxygen atoms in total. The molecule has 0 saturated carbocycles. The fourth-order valence-corrected chi connectivity index (χ4v) is 1.64. The minimum atomic E-state index is -0.588. The molecule has 0 unspecified atom stereocenters. The number of aromatic nitrogens is 4. The van der Waals surface area contributed by atoms with Crippen LogP contribution in [0.25, 0.3) is 5.69 Å². The molecule has 1 heterocycles. The van der Waals surface area contributed by atoms with E-state index >= 15 is 0 Å². The Morgan fingerprint density at radius 3 is 2.71 bits per heavy atom. The summed E-state index contributed by atoms with van der Waals surface area (Å²) in [6.07, 6.45) is 0. The van der Waals surface area contributed by atoms with Gasteiger partial charge in [-0.05, 0) is 42.5 Å². The molecule has 0 aliphatic rings. The van der Waals surface area contributed by atoms with Gasteiger partial charge >= 0.3 is 0 Å². The predicted molar refractivity (Wildman–Crippen MR) is 80.0 cm³/mol. The van der Waals surface area contributed by atoms with Crippen LogP contribution >= 0.6 is 12.4 Å². The summed E-state index contributed by atoms with van der Waals surface area (Å²) in [5, 5.41) is 14.0. The molecule has 3 N–H and O–H groups in total. The number of hydrogen-bond donors (Lipinski definition) is 2. The number of carbonyl (C=O) groups is 1. The number of carbonyl (C=O) groups excluding carboxylic acids is 1. The van der Waals surface area contributed by atoms with Crippen LogP contribution in [0.2, 0.25) is 0 Å². The Hall–Kier alpha value is -2.19.